The van der Waals surface area contributed by atoms with E-state index in [0.29, 0.717) is 29.6 Å². The van der Waals surface area contributed by atoms with E-state index in [1.807, 2.05) is 37.3 Å². The molecule has 0 unspecified atom stereocenters. The number of amides is 2. The van der Waals surface area contributed by atoms with Gasteiger partial charge in [-0.15, -0.1) is 11.3 Å². The third-order valence-corrected chi connectivity index (χ3v) is 6.31. The topological polar surface area (TPSA) is 91.0 Å². The highest BCUT2D eigenvalue weighted by molar-refractivity contribution is 7.18. The summed E-state index contributed by atoms with van der Waals surface area (Å²) in [4.78, 5) is 41.3. The fourth-order valence-electron chi connectivity index (χ4n) is 3.48. The van der Waals surface area contributed by atoms with Crippen LogP contribution in [-0.2, 0) is 20.9 Å². The molecule has 0 spiro atoms. The van der Waals surface area contributed by atoms with E-state index in [0.717, 1.165) is 37.3 Å². The molecule has 2 heterocycles. The van der Waals surface area contributed by atoms with Crippen LogP contribution in [0, 0.1) is 6.92 Å². The summed E-state index contributed by atoms with van der Waals surface area (Å²) in [6.07, 6.45) is 0. The molecule has 2 N–H and O–H groups in total. The molecule has 0 saturated carbocycles. The largest absolute Gasteiger partial charge is 0.462 e. The van der Waals surface area contributed by atoms with Crippen molar-refractivity contribution in [3.05, 3.63) is 52.4 Å². The van der Waals surface area contributed by atoms with E-state index in [1.54, 1.807) is 13.0 Å². The molecular formula is C23H30N4O4S. The van der Waals surface area contributed by atoms with Crippen molar-refractivity contribution in [2.75, 3.05) is 51.2 Å². The van der Waals surface area contributed by atoms with E-state index in [9.17, 15) is 14.4 Å². The van der Waals surface area contributed by atoms with Gasteiger partial charge in [0.05, 0.1) is 24.7 Å². The number of aryl methyl sites for hydroxylation is 1. The second-order valence-electron chi connectivity index (χ2n) is 7.71. The lowest BCUT2D eigenvalue weighted by molar-refractivity contribution is -0.123. The van der Waals surface area contributed by atoms with Crippen LogP contribution >= 0.6 is 11.3 Å². The average Bonchev–Trinajstić information content (AvgIpc) is 3.14. The van der Waals surface area contributed by atoms with Gasteiger partial charge in [-0.2, -0.15) is 0 Å². The number of carbonyl (C=O) groups is 3. The molecule has 0 aliphatic carbocycles. The fraction of sp³-hybridized carbons (Fsp3) is 0.435. The van der Waals surface area contributed by atoms with E-state index in [2.05, 4.69) is 20.4 Å². The Bertz CT molecular complexity index is 923. The third-order valence-electron chi connectivity index (χ3n) is 5.17. The minimum Gasteiger partial charge on any atom is -0.462 e. The molecular weight excluding hydrogens is 428 g/mol. The van der Waals surface area contributed by atoms with Crippen molar-refractivity contribution in [2.45, 2.75) is 20.4 Å². The van der Waals surface area contributed by atoms with Crippen LogP contribution in [-0.4, -0.2) is 73.5 Å². The minimum absolute atomic E-state index is 0.00511. The minimum atomic E-state index is -0.362. The smallest absolute Gasteiger partial charge is 0.348 e. The molecule has 1 aliphatic heterocycles. The number of hydrogen-bond donors (Lipinski definition) is 2. The van der Waals surface area contributed by atoms with Crippen molar-refractivity contribution < 1.29 is 19.1 Å². The van der Waals surface area contributed by atoms with Gasteiger partial charge in [-0.25, -0.2) is 4.79 Å². The lowest BCUT2D eigenvalue weighted by atomic mass is 10.2. The summed E-state index contributed by atoms with van der Waals surface area (Å²) in [7, 11) is 0. The lowest BCUT2D eigenvalue weighted by Crippen LogP contribution is -2.50. The van der Waals surface area contributed by atoms with E-state index < -0.39 is 0 Å². The van der Waals surface area contributed by atoms with Crippen LogP contribution in [0.1, 0.15) is 27.7 Å². The number of hydrogen-bond acceptors (Lipinski definition) is 7. The normalized spacial score (nSPS) is 14.7. The average molecular weight is 459 g/mol. The summed E-state index contributed by atoms with van der Waals surface area (Å²) in [5.74, 6) is -0.472. The zero-order valence-electron chi connectivity index (χ0n) is 18.6. The zero-order valence-corrected chi connectivity index (χ0v) is 19.4. The standard InChI is InChI=1S/C23H30N4O4S/c1-3-31-23(30)22-17(2)13-21(32-22)25-20(29)16-27-11-9-26(10-12-27)15-19(28)24-14-18-7-5-4-6-8-18/h4-8,13H,3,9-12,14-16H2,1-2H3,(H,24,28)(H,25,29). The van der Waals surface area contributed by atoms with E-state index in [1.165, 1.54) is 11.3 Å². The molecule has 8 nitrogen and oxygen atoms in total. The lowest BCUT2D eigenvalue weighted by Gasteiger charge is -2.33. The Balaban J connectivity index is 1.37. The summed E-state index contributed by atoms with van der Waals surface area (Å²) in [6, 6.07) is 11.6. The van der Waals surface area contributed by atoms with Gasteiger partial charge in [0.1, 0.15) is 4.88 Å². The summed E-state index contributed by atoms with van der Waals surface area (Å²) < 4.78 is 5.04. The van der Waals surface area contributed by atoms with Crippen LogP contribution in [0.3, 0.4) is 0 Å². The fourth-order valence-corrected chi connectivity index (χ4v) is 4.47. The maximum atomic E-state index is 12.4. The molecule has 1 aromatic heterocycles. The van der Waals surface area contributed by atoms with Gasteiger partial charge in [-0.1, -0.05) is 30.3 Å². The van der Waals surface area contributed by atoms with Crippen LogP contribution in [0.15, 0.2) is 36.4 Å². The van der Waals surface area contributed by atoms with Crippen molar-refractivity contribution in [3.63, 3.8) is 0 Å². The molecule has 0 atom stereocenters. The Kier molecular flexibility index (Phi) is 8.78. The van der Waals surface area contributed by atoms with Gasteiger partial charge in [-0.3, -0.25) is 19.4 Å². The SMILES string of the molecule is CCOC(=O)c1sc(NC(=O)CN2CCN(CC(=O)NCc3ccccc3)CC2)cc1C. The first-order chi connectivity index (χ1) is 15.4. The summed E-state index contributed by atoms with van der Waals surface area (Å²) in [6.45, 7) is 7.98. The molecule has 32 heavy (non-hydrogen) atoms. The molecule has 0 bridgehead atoms. The van der Waals surface area contributed by atoms with E-state index in [4.69, 9.17) is 4.74 Å². The summed E-state index contributed by atoms with van der Waals surface area (Å²) >= 11 is 1.23. The summed E-state index contributed by atoms with van der Waals surface area (Å²) in [5, 5.41) is 6.47. The molecule has 3 rings (SSSR count). The first-order valence-electron chi connectivity index (χ1n) is 10.8. The van der Waals surface area contributed by atoms with Crippen molar-refractivity contribution >= 4 is 34.1 Å². The monoisotopic (exact) mass is 458 g/mol. The number of piperazine rings is 1. The molecule has 1 aliphatic rings. The number of carbonyl (C=O) groups excluding carboxylic acids is 3. The van der Waals surface area contributed by atoms with Crippen LogP contribution in [0.2, 0.25) is 0 Å². The molecule has 1 fully saturated rings. The highest BCUT2D eigenvalue weighted by Gasteiger charge is 2.21. The van der Waals surface area contributed by atoms with E-state index in [-0.39, 0.29) is 24.3 Å². The number of ether oxygens (including phenoxy) is 1. The molecule has 1 saturated heterocycles. The number of esters is 1. The Hall–Kier alpha value is -2.75. The molecule has 172 valence electrons. The Morgan fingerprint density at radius 2 is 1.62 bits per heavy atom. The first kappa shape index (κ1) is 23.9. The zero-order chi connectivity index (χ0) is 22.9. The molecule has 0 radical (unpaired) electrons. The van der Waals surface area contributed by atoms with Gasteiger partial charge < -0.3 is 15.4 Å². The molecule has 2 amide bonds. The van der Waals surface area contributed by atoms with Crippen LogP contribution < -0.4 is 10.6 Å². The Labute approximate surface area is 192 Å². The molecule has 1 aromatic carbocycles. The highest BCUT2D eigenvalue weighted by atomic mass is 32.1. The molecule has 9 heteroatoms. The van der Waals surface area contributed by atoms with Crippen molar-refractivity contribution in [3.8, 4) is 0 Å². The maximum Gasteiger partial charge on any atom is 0.348 e. The molecule has 2 aromatic rings. The second-order valence-corrected chi connectivity index (χ2v) is 8.76. The predicted molar refractivity (Wildman–Crippen MR) is 125 cm³/mol. The quantitative estimate of drug-likeness (QED) is 0.560. The van der Waals surface area contributed by atoms with Crippen molar-refractivity contribution in [1.29, 1.82) is 0 Å². The van der Waals surface area contributed by atoms with Gasteiger partial charge in [0.2, 0.25) is 11.8 Å². The van der Waals surface area contributed by atoms with Gasteiger partial charge in [-0.05, 0) is 31.0 Å². The van der Waals surface area contributed by atoms with E-state index >= 15 is 0 Å². The van der Waals surface area contributed by atoms with Crippen molar-refractivity contribution in [2.24, 2.45) is 0 Å². The van der Waals surface area contributed by atoms with Crippen LogP contribution in [0.4, 0.5) is 5.00 Å². The predicted octanol–water partition coefficient (Wildman–Crippen LogP) is 2.11. The second kappa shape index (κ2) is 11.8. The summed E-state index contributed by atoms with van der Waals surface area (Å²) in [5.41, 5.74) is 1.87. The van der Waals surface area contributed by atoms with Crippen LogP contribution in [0.5, 0.6) is 0 Å². The number of rotatable bonds is 9. The Morgan fingerprint density at radius 3 is 2.25 bits per heavy atom. The first-order valence-corrected chi connectivity index (χ1v) is 11.6. The number of nitrogens with zero attached hydrogens (tertiary/aromatic N) is 2. The van der Waals surface area contributed by atoms with Gasteiger partial charge >= 0.3 is 5.97 Å². The van der Waals surface area contributed by atoms with Gasteiger partial charge in [0.25, 0.3) is 0 Å². The third kappa shape index (κ3) is 7.15. The number of benzene rings is 1. The Morgan fingerprint density at radius 1 is 1.00 bits per heavy atom. The van der Waals surface area contributed by atoms with Crippen LogP contribution in [0.25, 0.3) is 0 Å². The maximum absolute atomic E-state index is 12.4. The number of thiophene rings is 1. The van der Waals surface area contributed by atoms with Crippen molar-refractivity contribution in [1.82, 2.24) is 15.1 Å². The number of anilines is 1. The van der Waals surface area contributed by atoms with Gasteiger partial charge in [0, 0.05) is 32.7 Å². The number of nitrogens with one attached hydrogen (secondary N) is 2. The van der Waals surface area contributed by atoms with Gasteiger partial charge in [0.15, 0.2) is 0 Å². The highest BCUT2D eigenvalue weighted by Crippen LogP contribution is 2.27.